The number of benzene rings is 1. The highest BCUT2D eigenvalue weighted by Gasteiger charge is 2.03. The van der Waals surface area contributed by atoms with E-state index in [4.69, 9.17) is 0 Å². The third kappa shape index (κ3) is 2.83. The first kappa shape index (κ1) is 11.2. The minimum absolute atomic E-state index is 0.691. The monoisotopic (exact) mass is 187 g/mol. The van der Waals surface area contributed by atoms with Crippen molar-refractivity contribution in [3.8, 4) is 0 Å². The molecule has 0 spiro atoms. The molecule has 3 heteroatoms. The van der Waals surface area contributed by atoms with Crippen LogP contribution in [-0.2, 0) is 0 Å². The Bertz CT molecular complexity index is 269. The van der Waals surface area contributed by atoms with Gasteiger partial charge in [0, 0.05) is 5.69 Å². The van der Waals surface area contributed by atoms with Gasteiger partial charge in [0.05, 0.1) is 0 Å². The van der Waals surface area contributed by atoms with E-state index in [1.54, 1.807) is 0 Å². The van der Waals surface area contributed by atoms with E-state index < -0.39 is 0 Å². The molecule has 0 aliphatic heterocycles. The van der Waals surface area contributed by atoms with Crippen molar-refractivity contribution in [2.24, 2.45) is 0 Å². The van der Waals surface area contributed by atoms with E-state index in [0.717, 1.165) is 0 Å². The first-order chi connectivity index (χ1) is 6.65. The third-order valence-corrected chi connectivity index (χ3v) is 2.70. The van der Waals surface area contributed by atoms with E-state index in [9.17, 15) is 0 Å². The Morgan fingerprint density at radius 1 is 1.21 bits per heavy atom. The lowest BCUT2D eigenvalue weighted by molar-refractivity contribution is 0.665. The molecular formula is C11H19B2N. The predicted octanol–water partition coefficient (Wildman–Crippen LogP) is 1.49. The van der Waals surface area contributed by atoms with Crippen LogP contribution in [0.3, 0.4) is 0 Å². The molecule has 0 aliphatic carbocycles. The zero-order chi connectivity index (χ0) is 10.6. The van der Waals surface area contributed by atoms with Crippen LogP contribution in [0.1, 0.15) is 38.2 Å². The van der Waals surface area contributed by atoms with Crippen molar-refractivity contribution in [1.82, 2.24) is 0 Å². The van der Waals surface area contributed by atoms with Crippen LogP contribution in [0, 0.1) is 0 Å². The molecule has 0 aromatic heterocycles. The summed E-state index contributed by atoms with van der Waals surface area (Å²) in [5.41, 5.74) is 2.73. The van der Waals surface area contributed by atoms with Crippen LogP contribution >= 0.6 is 0 Å². The molecule has 0 bridgehead atoms. The van der Waals surface area contributed by atoms with Gasteiger partial charge in [-0.1, -0.05) is 32.4 Å². The number of hydrogen-bond acceptors (Lipinski definition) is 1. The van der Waals surface area contributed by atoms with Gasteiger partial charge in [-0.25, -0.2) is 0 Å². The molecule has 0 heterocycles. The Morgan fingerprint density at radius 3 is 2.21 bits per heavy atom. The van der Waals surface area contributed by atoms with Crippen LogP contribution < -0.4 is 4.72 Å². The first-order valence-corrected chi connectivity index (χ1v) is 5.42. The molecule has 0 saturated heterocycles. The van der Waals surface area contributed by atoms with Gasteiger partial charge in [0.25, 0.3) is 0 Å². The summed E-state index contributed by atoms with van der Waals surface area (Å²) in [6.07, 6.45) is 2.54. The predicted molar refractivity (Wildman–Crippen MR) is 69.3 cm³/mol. The largest absolute Gasteiger partial charge is 0.472 e. The summed E-state index contributed by atoms with van der Waals surface area (Å²) >= 11 is 0. The number of rotatable bonds is 4. The fourth-order valence-corrected chi connectivity index (χ4v) is 1.70. The van der Waals surface area contributed by atoms with Crippen molar-refractivity contribution in [2.75, 3.05) is 4.72 Å². The van der Waals surface area contributed by atoms with E-state index in [-0.39, 0.29) is 0 Å². The van der Waals surface area contributed by atoms with Gasteiger partial charge in [-0.15, -0.1) is 0 Å². The summed E-state index contributed by atoms with van der Waals surface area (Å²) in [6.45, 7) is 4.54. The lowest BCUT2D eigenvalue weighted by Gasteiger charge is -2.16. The minimum Gasteiger partial charge on any atom is -0.472 e. The molecule has 0 saturated carbocycles. The zero-order valence-electron chi connectivity index (χ0n) is 9.75. The Hall–Kier alpha value is -0.850. The van der Waals surface area contributed by atoms with Gasteiger partial charge in [-0.3, -0.25) is 0 Å². The molecule has 0 N–H and O–H groups in total. The second kappa shape index (κ2) is 5.14. The van der Waals surface area contributed by atoms with Gasteiger partial charge in [0.1, 0.15) is 0 Å². The standard InChI is InChI=1S/C11H19B2N/c1-3-4-9(2)10-5-7-11(8-6-10)14(12)13/h5-9H,3-4,12-13H2,1-2H3. The van der Waals surface area contributed by atoms with E-state index >= 15 is 0 Å². The Kier molecular flexibility index (Phi) is 4.12. The number of nitrogens with zero attached hydrogens (tertiary/aromatic N) is 1. The van der Waals surface area contributed by atoms with Crippen LogP contribution in [0.5, 0.6) is 0 Å². The topological polar surface area (TPSA) is 3.24 Å². The molecule has 14 heavy (non-hydrogen) atoms. The number of hydrogen-bond donors (Lipinski definition) is 0. The second-order valence-electron chi connectivity index (χ2n) is 4.18. The smallest absolute Gasteiger partial charge is 0.202 e. The highest BCUT2D eigenvalue weighted by atomic mass is 14.9. The summed E-state index contributed by atoms with van der Waals surface area (Å²) in [7, 11) is 4.15. The Labute approximate surface area is 89.4 Å². The van der Waals surface area contributed by atoms with E-state index in [1.807, 2.05) is 0 Å². The molecule has 0 aliphatic rings. The summed E-state index contributed by atoms with van der Waals surface area (Å²) in [5, 5.41) is 0. The van der Waals surface area contributed by atoms with Crippen LogP contribution in [0.25, 0.3) is 0 Å². The van der Waals surface area contributed by atoms with Crippen molar-refractivity contribution in [1.29, 1.82) is 0 Å². The molecule has 1 aromatic carbocycles. The van der Waals surface area contributed by atoms with Gasteiger partial charge in [-0.05, 0) is 30.0 Å². The van der Waals surface area contributed by atoms with Gasteiger partial charge in [0.15, 0.2) is 0 Å². The summed E-state index contributed by atoms with van der Waals surface area (Å²) in [6, 6.07) is 8.88. The first-order valence-electron chi connectivity index (χ1n) is 5.42. The minimum atomic E-state index is 0.691. The fourth-order valence-electron chi connectivity index (χ4n) is 1.70. The molecule has 0 radical (unpaired) electrons. The average Bonchev–Trinajstić information content (AvgIpc) is 2.18. The van der Waals surface area contributed by atoms with Crippen molar-refractivity contribution in [3.05, 3.63) is 29.8 Å². The van der Waals surface area contributed by atoms with E-state index in [2.05, 4.69) is 58.8 Å². The summed E-state index contributed by atoms with van der Waals surface area (Å²) < 4.78 is 2.13. The fraction of sp³-hybridized carbons (Fsp3) is 0.455. The van der Waals surface area contributed by atoms with E-state index in [0.29, 0.717) is 5.92 Å². The maximum Gasteiger partial charge on any atom is 0.202 e. The lowest BCUT2D eigenvalue weighted by Crippen LogP contribution is -2.13. The molecule has 1 aromatic rings. The molecule has 74 valence electrons. The molecule has 0 amide bonds. The van der Waals surface area contributed by atoms with Crippen molar-refractivity contribution < 1.29 is 0 Å². The molecule has 1 rings (SSSR count). The highest BCUT2D eigenvalue weighted by molar-refractivity contribution is 6.41. The molecule has 1 atom stereocenters. The van der Waals surface area contributed by atoms with Gasteiger partial charge in [0.2, 0.25) is 16.0 Å². The maximum absolute atomic E-state index is 2.30. The summed E-state index contributed by atoms with van der Waals surface area (Å²) in [5.74, 6) is 0.691. The Balaban J connectivity index is 2.72. The van der Waals surface area contributed by atoms with Crippen LogP contribution in [0.4, 0.5) is 5.69 Å². The maximum atomic E-state index is 2.30. The van der Waals surface area contributed by atoms with Gasteiger partial charge in [-0.2, -0.15) is 0 Å². The molecule has 1 nitrogen and oxygen atoms in total. The molecular weight excluding hydrogens is 168 g/mol. The summed E-state index contributed by atoms with van der Waals surface area (Å²) in [4.78, 5) is 0. The normalized spacial score (nSPS) is 12.4. The van der Waals surface area contributed by atoms with Gasteiger partial charge >= 0.3 is 0 Å². The third-order valence-electron chi connectivity index (χ3n) is 2.70. The van der Waals surface area contributed by atoms with E-state index in [1.165, 1.54) is 24.1 Å². The second-order valence-corrected chi connectivity index (χ2v) is 4.18. The number of anilines is 1. The Morgan fingerprint density at radius 2 is 1.79 bits per heavy atom. The van der Waals surface area contributed by atoms with Crippen LogP contribution in [0.15, 0.2) is 24.3 Å². The highest BCUT2D eigenvalue weighted by Crippen LogP contribution is 2.22. The lowest BCUT2D eigenvalue weighted by atomic mass is 9.96. The van der Waals surface area contributed by atoms with Crippen LogP contribution in [0.2, 0.25) is 0 Å². The SMILES string of the molecule is BN(B)c1ccc(C(C)CCC)cc1. The van der Waals surface area contributed by atoms with Gasteiger partial charge < -0.3 is 4.72 Å². The molecule has 1 unspecified atom stereocenters. The van der Waals surface area contributed by atoms with Crippen molar-refractivity contribution in [2.45, 2.75) is 32.6 Å². The van der Waals surface area contributed by atoms with Crippen LogP contribution in [-0.4, -0.2) is 16.0 Å². The zero-order valence-corrected chi connectivity index (χ0v) is 9.75. The average molecular weight is 187 g/mol. The van der Waals surface area contributed by atoms with Crippen molar-refractivity contribution in [3.63, 3.8) is 0 Å². The quantitative estimate of drug-likeness (QED) is 0.645. The van der Waals surface area contributed by atoms with Crippen molar-refractivity contribution >= 4 is 21.6 Å². The molecule has 0 fully saturated rings.